The van der Waals surface area contributed by atoms with Crippen molar-refractivity contribution in [3.8, 4) is 0 Å². The molecule has 1 fully saturated rings. The number of nitrogens with zero attached hydrogens (tertiary/aromatic N) is 3. The first-order valence-corrected chi connectivity index (χ1v) is 5.01. The van der Waals surface area contributed by atoms with Crippen molar-refractivity contribution in [1.82, 2.24) is 20.0 Å². The number of carbonyl (C=O) groups is 1. The fraction of sp³-hybridized carbons (Fsp3) is 0.556. The number of aromatic nitrogens is 2. The Morgan fingerprint density at radius 3 is 3.13 bits per heavy atom. The Balaban J connectivity index is 1.73. The van der Waals surface area contributed by atoms with Crippen molar-refractivity contribution in [2.75, 3.05) is 31.5 Å². The molecule has 1 aromatic rings. The molecule has 0 aliphatic carbocycles. The van der Waals surface area contributed by atoms with Gasteiger partial charge >= 0.3 is 6.03 Å². The maximum Gasteiger partial charge on any atom is 0.317 e. The predicted octanol–water partition coefficient (Wildman–Crippen LogP) is -0.143. The van der Waals surface area contributed by atoms with Gasteiger partial charge in [-0.2, -0.15) is 5.10 Å². The highest BCUT2D eigenvalue weighted by Crippen LogP contribution is 2.03. The lowest BCUT2D eigenvalue weighted by molar-refractivity contribution is 0.219. The van der Waals surface area contributed by atoms with Crippen LogP contribution in [0.15, 0.2) is 12.4 Å². The summed E-state index contributed by atoms with van der Waals surface area (Å²) >= 11 is 0. The van der Waals surface area contributed by atoms with Gasteiger partial charge in [0.25, 0.3) is 0 Å². The van der Waals surface area contributed by atoms with Gasteiger partial charge in [-0.3, -0.25) is 4.68 Å². The van der Waals surface area contributed by atoms with E-state index in [1.165, 1.54) is 0 Å². The number of carbonyl (C=O) groups excluding carboxylic acids is 1. The van der Waals surface area contributed by atoms with Gasteiger partial charge in [0.1, 0.15) is 0 Å². The van der Waals surface area contributed by atoms with E-state index in [1.807, 2.05) is 13.2 Å². The second kappa shape index (κ2) is 4.20. The lowest BCUT2D eigenvalue weighted by atomic mass is 10.5. The van der Waals surface area contributed by atoms with E-state index in [0.717, 1.165) is 31.9 Å². The highest BCUT2D eigenvalue weighted by atomic mass is 16.2. The Morgan fingerprint density at radius 1 is 1.67 bits per heavy atom. The first-order valence-electron chi connectivity index (χ1n) is 5.01. The van der Waals surface area contributed by atoms with Crippen LogP contribution in [0.25, 0.3) is 0 Å². The average molecular weight is 209 g/mol. The standard InChI is InChI=1S/C9H15N5O/c1-13-7-8(6-12-13)10-2-4-14-5-3-11-9(14)15/h6-7,10H,2-5H2,1H3,(H,11,15). The molecule has 0 aromatic carbocycles. The van der Waals surface area contributed by atoms with Gasteiger partial charge in [0.2, 0.25) is 0 Å². The van der Waals surface area contributed by atoms with Crippen molar-refractivity contribution >= 4 is 11.7 Å². The molecule has 1 aliphatic rings. The number of anilines is 1. The number of urea groups is 1. The summed E-state index contributed by atoms with van der Waals surface area (Å²) in [6.07, 6.45) is 3.67. The minimum Gasteiger partial charge on any atom is -0.381 e. The van der Waals surface area contributed by atoms with Crippen molar-refractivity contribution in [3.05, 3.63) is 12.4 Å². The topological polar surface area (TPSA) is 62.2 Å². The summed E-state index contributed by atoms with van der Waals surface area (Å²) in [5.74, 6) is 0. The number of rotatable bonds is 4. The number of aryl methyl sites for hydroxylation is 1. The maximum absolute atomic E-state index is 11.2. The van der Waals surface area contributed by atoms with E-state index in [-0.39, 0.29) is 6.03 Å². The van der Waals surface area contributed by atoms with Gasteiger partial charge in [-0.05, 0) is 0 Å². The molecule has 6 heteroatoms. The van der Waals surface area contributed by atoms with Crippen molar-refractivity contribution in [1.29, 1.82) is 0 Å². The Labute approximate surface area is 88.2 Å². The zero-order chi connectivity index (χ0) is 10.7. The predicted molar refractivity (Wildman–Crippen MR) is 56.7 cm³/mol. The molecule has 1 aliphatic heterocycles. The molecule has 0 spiro atoms. The van der Waals surface area contributed by atoms with Crippen molar-refractivity contribution in [2.24, 2.45) is 7.05 Å². The van der Waals surface area contributed by atoms with Gasteiger partial charge in [-0.25, -0.2) is 4.79 Å². The Hall–Kier alpha value is -1.72. The summed E-state index contributed by atoms with van der Waals surface area (Å²) in [5, 5.41) is 10.0. The van der Waals surface area contributed by atoms with Crippen molar-refractivity contribution < 1.29 is 4.79 Å². The van der Waals surface area contributed by atoms with Crippen LogP contribution in [0.4, 0.5) is 10.5 Å². The maximum atomic E-state index is 11.2. The molecule has 0 unspecified atom stereocenters. The number of nitrogens with one attached hydrogen (secondary N) is 2. The molecule has 1 saturated heterocycles. The molecule has 2 amide bonds. The zero-order valence-electron chi connectivity index (χ0n) is 8.73. The van der Waals surface area contributed by atoms with E-state index in [4.69, 9.17) is 0 Å². The quantitative estimate of drug-likeness (QED) is 0.725. The molecule has 0 radical (unpaired) electrons. The molecule has 0 atom stereocenters. The number of hydrogen-bond donors (Lipinski definition) is 2. The second-order valence-corrected chi connectivity index (χ2v) is 3.55. The zero-order valence-corrected chi connectivity index (χ0v) is 8.73. The van der Waals surface area contributed by atoms with Gasteiger partial charge in [0, 0.05) is 39.4 Å². The van der Waals surface area contributed by atoms with E-state index < -0.39 is 0 Å². The molecule has 1 aromatic heterocycles. The first kappa shape index (κ1) is 9.82. The van der Waals surface area contributed by atoms with Crippen LogP contribution in [0.1, 0.15) is 0 Å². The molecule has 0 bridgehead atoms. The largest absolute Gasteiger partial charge is 0.381 e. The smallest absolute Gasteiger partial charge is 0.317 e. The minimum atomic E-state index is 0.0305. The molecule has 2 N–H and O–H groups in total. The molecule has 82 valence electrons. The summed E-state index contributed by atoms with van der Waals surface area (Å²) in [6.45, 7) is 3.03. The second-order valence-electron chi connectivity index (χ2n) is 3.55. The van der Waals surface area contributed by atoms with E-state index in [0.29, 0.717) is 0 Å². The van der Waals surface area contributed by atoms with E-state index >= 15 is 0 Å². The SMILES string of the molecule is Cn1cc(NCCN2CCNC2=O)cn1. The van der Waals surface area contributed by atoms with Crippen LogP contribution < -0.4 is 10.6 Å². The number of amides is 2. The molecule has 15 heavy (non-hydrogen) atoms. The molecule has 6 nitrogen and oxygen atoms in total. The van der Waals surface area contributed by atoms with Crippen LogP contribution in [0.5, 0.6) is 0 Å². The van der Waals surface area contributed by atoms with Gasteiger partial charge in [0.05, 0.1) is 11.9 Å². The summed E-state index contributed by atoms with van der Waals surface area (Å²) < 4.78 is 1.74. The highest BCUT2D eigenvalue weighted by Gasteiger charge is 2.18. The minimum absolute atomic E-state index is 0.0305. The first-order chi connectivity index (χ1) is 7.25. The molecule has 0 saturated carbocycles. The Morgan fingerprint density at radius 2 is 2.53 bits per heavy atom. The lowest BCUT2D eigenvalue weighted by Crippen LogP contribution is -2.32. The molecular weight excluding hydrogens is 194 g/mol. The monoisotopic (exact) mass is 209 g/mol. The number of hydrogen-bond acceptors (Lipinski definition) is 3. The third kappa shape index (κ3) is 2.39. The normalized spacial score (nSPS) is 15.5. The van der Waals surface area contributed by atoms with Crippen LogP contribution in [0, 0.1) is 0 Å². The molecule has 2 heterocycles. The van der Waals surface area contributed by atoms with Crippen LogP contribution >= 0.6 is 0 Å². The van der Waals surface area contributed by atoms with Gasteiger partial charge in [-0.1, -0.05) is 0 Å². The van der Waals surface area contributed by atoms with Crippen LogP contribution in [-0.4, -0.2) is 46.9 Å². The summed E-state index contributed by atoms with van der Waals surface area (Å²) in [6, 6.07) is 0.0305. The van der Waals surface area contributed by atoms with E-state index in [2.05, 4.69) is 15.7 Å². The third-order valence-electron chi connectivity index (χ3n) is 2.36. The van der Waals surface area contributed by atoms with Crippen LogP contribution in [0.2, 0.25) is 0 Å². The van der Waals surface area contributed by atoms with Crippen LogP contribution in [0.3, 0.4) is 0 Å². The molecular formula is C9H15N5O. The van der Waals surface area contributed by atoms with Crippen molar-refractivity contribution in [3.63, 3.8) is 0 Å². The summed E-state index contributed by atoms with van der Waals surface area (Å²) in [4.78, 5) is 13.0. The third-order valence-corrected chi connectivity index (χ3v) is 2.36. The van der Waals surface area contributed by atoms with Gasteiger partial charge < -0.3 is 15.5 Å². The van der Waals surface area contributed by atoms with Crippen LogP contribution in [-0.2, 0) is 7.05 Å². The van der Waals surface area contributed by atoms with E-state index in [1.54, 1.807) is 15.8 Å². The fourth-order valence-electron chi connectivity index (χ4n) is 1.57. The molecule has 2 rings (SSSR count). The van der Waals surface area contributed by atoms with Gasteiger partial charge in [0.15, 0.2) is 0 Å². The Bertz CT molecular complexity index is 348. The van der Waals surface area contributed by atoms with E-state index in [9.17, 15) is 4.79 Å². The fourth-order valence-corrected chi connectivity index (χ4v) is 1.57. The summed E-state index contributed by atoms with van der Waals surface area (Å²) in [7, 11) is 1.87. The Kier molecular flexibility index (Phi) is 2.75. The summed E-state index contributed by atoms with van der Waals surface area (Å²) in [5.41, 5.74) is 0.983. The van der Waals surface area contributed by atoms with Crippen molar-refractivity contribution in [2.45, 2.75) is 0 Å². The lowest BCUT2D eigenvalue weighted by Gasteiger charge is -2.13. The highest BCUT2D eigenvalue weighted by molar-refractivity contribution is 5.76. The average Bonchev–Trinajstić information content (AvgIpc) is 2.77. The van der Waals surface area contributed by atoms with Gasteiger partial charge in [-0.15, -0.1) is 0 Å².